The molecule has 1 fully saturated rings. The predicted molar refractivity (Wildman–Crippen MR) is 152 cm³/mol. The number of halogens is 5. The van der Waals surface area contributed by atoms with E-state index >= 15 is 0 Å². The van der Waals surface area contributed by atoms with Gasteiger partial charge in [0.05, 0.1) is 29.8 Å². The van der Waals surface area contributed by atoms with Gasteiger partial charge < -0.3 is 23.9 Å². The molecule has 0 aliphatic carbocycles. The van der Waals surface area contributed by atoms with E-state index in [1.165, 1.54) is 23.0 Å². The largest absolute Gasteiger partial charge is 0.478 e. The van der Waals surface area contributed by atoms with Crippen LogP contribution in [0.3, 0.4) is 0 Å². The lowest BCUT2D eigenvalue weighted by Crippen LogP contribution is -2.44. The van der Waals surface area contributed by atoms with Crippen LogP contribution in [0.15, 0.2) is 36.7 Å². The van der Waals surface area contributed by atoms with E-state index in [1.54, 1.807) is 12.1 Å². The highest BCUT2D eigenvalue weighted by Gasteiger charge is 2.30. The molecule has 3 aromatic heterocycles. The van der Waals surface area contributed by atoms with Crippen LogP contribution in [0.1, 0.15) is 47.3 Å². The second-order valence-corrected chi connectivity index (χ2v) is 10.8. The molecule has 1 aliphatic heterocycles. The molecule has 1 saturated heterocycles. The maximum absolute atomic E-state index is 14.9. The van der Waals surface area contributed by atoms with Crippen LogP contribution in [-0.4, -0.2) is 78.6 Å². The number of fused-ring (bicyclic) bond motifs is 1. The van der Waals surface area contributed by atoms with Crippen molar-refractivity contribution in [3.63, 3.8) is 0 Å². The summed E-state index contributed by atoms with van der Waals surface area (Å²) in [5, 5.41) is 18.3. The fourth-order valence-electron chi connectivity index (χ4n) is 5.18. The van der Waals surface area contributed by atoms with Crippen molar-refractivity contribution in [2.24, 2.45) is 0 Å². The second-order valence-electron chi connectivity index (χ2n) is 10.8. The van der Waals surface area contributed by atoms with Crippen LogP contribution in [0.2, 0.25) is 0 Å². The summed E-state index contributed by atoms with van der Waals surface area (Å²) in [4.78, 5) is 30.2. The number of carboxylic acid groups (broad SMARTS) is 1. The van der Waals surface area contributed by atoms with Gasteiger partial charge in [-0.25, -0.2) is 28.5 Å². The molecule has 1 aromatic carbocycles. The first kappa shape index (κ1) is 33.4. The Morgan fingerprint density at radius 1 is 1.17 bits per heavy atom. The lowest BCUT2D eigenvalue weighted by atomic mass is 10.0. The zero-order chi connectivity index (χ0) is 33.7. The normalized spacial score (nSPS) is 17.0. The fourth-order valence-corrected chi connectivity index (χ4v) is 5.18. The third-order valence-electron chi connectivity index (χ3n) is 7.41. The minimum Gasteiger partial charge on any atom is -0.478 e. The van der Waals surface area contributed by atoms with Crippen LogP contribution in [0.5, 0.6) is 11.8 Å². The molecular weight excluding hydrogens is 633 g/mol. The Morgan fingerprint density at radius 3 is 2.68 bits per heavy atom. The average molecular weight is 662 g/mol. The number of alkyl halides is 3. The third-order valence-corrected chi connectivity index (χ3v) is 7.41. The zero-order valence-corrected chi connectivity index (χ0v) is 24.9. The van der Waals surface area contributed by atoms with Crippen LogP contribution < -0.4 is 9.47 Å². The topological polar surface area (TPSA) is 149 Å². The highest BCUT2D eigenvalue weighted by molar-refractivity contribution is 5.92. The van der Waals surface area contributed by atoms with Gasteiger partial charge in [-0.05, 0) is 38.0 Å². The summed E-state index contributed by atoms with van der Waals surface area (Å²) in [5.74, 6) is -2.46. The minimum absolute atomic E-state index is 0.0538. The zero-order valence-electron chi connectivity index (χ0n) is 24.9. The number of rotatable bonds is 12. The van der Waals surface area contributed by atoms with Crippen molar-refractivity contribution in [2.75, 3.05) is 19.8 Å². The summed E-state index contributed by atoms with van der Waals surface area (Å²) in [6.07, 6.45) is -0.986. The number of nitriles is 1. The first-order chi connectivity index (χ1) is 22.4. The van der Waals surface area contributed by atoms with Gasteiger partial charge in [-0.3, -0.25) is 4.90 Å². The molecule has 0 unspecified atom stereocenters. The molecule has 0 radical (unpaired) electrons. The summed E-state index contributed by atoms with van der Waals surface area (Å²) < 4.78 is 84.5. The Kier molecular flexibility index (Phi) is 10.1. The van der Waals surface area contributed by atoms with E-state index in [2.05, 4.69) is 24.8 Å². The van der Waals surface area contributed by atoms with Crippen molar-refractivity contribution in [2.45, 2.75) is 57.8 Å². The van der Waals surface area contributed by atoms with E-state index in [1.807, 2.05) is 6.92 Å². The standard InChI is InChI=1S/C30H28F5N7O5/c1-17-8-20(47-26-2-4-37-24(39-26)15-46-28-22(32)9-18(12-36)13-38-28)3-5-41(17)14-25-40-27-21(31)10-19(29(43)44)11-23(27)42(25)6-7-45-16-30(33,34)35/h2,4,9-11,13,17,20H,3,5-8,14-16H2,1H3,(H,43,44)/t17-,20-/m0/s1. The van der Waals surface area contributed by atoms with E-state index in [4.69, 9.17) is 19.5 Å². The molecule has 248 valence electrons. The summed E-state index contributed by atoms with van der Waals surface area (Å²) in [6.45, 7) is 0.572. The number of carboxylic acids is 1. The van der Waals surface area contributed by atoms with Crippen molar-refractivity contribution in [1.82, 2.24) is 29.4 Å². The van der Waals surface area contributed by atoms with Gasteiger partial charge in [0.1, 0.15) is 36.7 Å². The average Bonchev–Trinajstić information content (AvgIpc) is 3.37. The summed E-state index contributed by atoms with van der Waals surface area (Å²) in [7, 11) is 0. The van der Waals surface area contributed by atoms with Crippen molar-refractivity contribution >= 4 is 17.0 Å². The summed E-state index contributed by atoms with van der Waals surface area (Å²) in [6, 6.07) is 6.39. The molecule has 4 heterocycles. The Morgan fingerprint density at radius 2 is 1.98 bits per heavy atom. The number of benzene rings is 1. The smallest absolute Gasteiger partial charge is 0.411 e. The van der Waals surface area contributed by atoms with Gasteiger partial charge in [0.25, 0.3) is 5.88 Å². The molecule has 4 aromatic rings. The Balaban J connectivity index is 1.23. The van der Waals surface area contributed by atoms with Crippen molar-refractivity contribution in [1.29, 1.82) is 5.26 Å². The number of pyridine rings is 1. The van der Waals surface area contributed by atoms with Crippen molar-refractivity contribution < 1.29 is 46.1 Å². The van der Waals surface area contributed by atoms with Crippen LogP contribution in [0, 0.1) is 23.0 Å². The van der Waals surface area contributed by atoms with Gasteiger partial charge in [0.2, 0.25) is 5.88 Å². The number of imidazole rings is 1. The molecule has 0 amide bonds. The van der Waals surface area contributed by atoms with Crippen LogP contribution in [-0.2, 0) is 24.4 Å². The van der Waals surface area contributed by atoms with E-state index < -0.39 is 30.4 Å². The van der Waals surface area contributed by atoms with Gasteiger partial charge in [-0.1, -0.05) is 0 Å². The molecule has 0 bridgehead atoms. The first-order valence-electron chi connectivity index (χ1n) is 14.4. The van der Waals surface area contributed by atoms with Gasteiger partial charge in [0.15, 0.2) is 17.5 Å². The van der Waals surface area contributed by atoms with Crippen LogP contribution in [0.25, 0.3) is 11.0 Å². The number of ether oxygens (including phenoxy) is 3. The highest BCUT2D eigenvalue weighted by Crippen LogP contribution is 2.27. The number of hydrogen-bond acceptors (Lipinski definition) is 10. The third kappa shape index (κ3) is 8.45. The lowest BCUT2D eigenvalue weighted by molar-refractivity contribution is -0.174. The molecule has 0 saturated carbocycles. The Bertz CT molecular complexity index is 1800. The highest BCUT2D eigenvalue weighted by atomic mass is 19.4. The molecule has 47 heavy (non-hydrogen) atoms. The Labute approximate surface area is 264 Å². The molecular formula is C30H28F5N7O5. The molecule has 12 nitrogen and oxygen atoms in total. The fraction of sp³-hybridized carbons (Fsp3) is 0.400. The maximum Gasteiger partial charge on any atom is 0.411 e. The first-order valence-corrected chi connectivity index (χ1v) is 14.4. The summed E-state index contributed by atoms with van der Waals surface area (Å²) >= 11 is 0. The van der Waals surface area contributed by atoms with E-state index in [-0.39, 0.29) is 78.2 Å². The molecule has 0 spiro atoms. The van der Waals surface area contributed by atoms with Crippen LogP contribution >= 0.6 is 0 Å². The molecule has 5 rings (SSSR count). The molecule has 1 N–H and O–H groups in total. The van der Waals surface area contributed by atoms with Crippen molar-refractivity contribution in [3.8, 4) is 17.8 Å². The minimum atomic E-state index is -4.52. The van der Waals surface area contributed by atoms with E-state index in [9.17, 15) is 31.9 Å². The van der Waals surface area contributed by atoms with Gasteiger partial charge in [0, 0.05) is 37.6 Å². The molecule has 2 atom stereocenters. The maximum atomic E-state index is 14.9. The number of likely N-dealkylation sites (tertiary alicyclic amines) is 1. The quantitative estimate of drug-likeness (QED) is 0.167. The number of hydrogen-bond donors (Lipinski definition) is 1. The van der Waals surface area contributed by atoms with Crippen LogP contribution in [0.4, 0.5) is 22.0 Å². The van der Waals surface area contributed by atoms with Crippen molar-refractivity contribution in [3.05, 3.63) is 71.1 Å². The molecule has 17 heteroatoms. The number of aromatic carboxylic acids is 1. The SMILES string of the molecule is C[C@H]1C[C@@H](Oc2ccnc(COc3ncc(C#N)cc3F)n2)CCN1Cc1nc2c(F)cc(C(=O)O)cc2n1CCOCC(F)(F)F. The Hall–Kier alpha value is -4.95. The predicted octanol–water partition coefficient (Wildman–Crippen LogP) is 4.66. The van der Waals surface area contributed by atoms with Gasteiger partial charge in [-0.2, -0.15) is 23.4 Å². The van der Waals surface area contributed by atoms with Gasteiger partial charge in [-0.15, -0.1) is 0 Å². The van der Waals surface area contributed by atoms with E-state index in [0.29, 0.717) is 25.2 Å². The number of nitrogens with zero attached hydrogens (tertiary/aromatic N) is 7. The van der Waals surface area contributed by atoms with Gasteiger partial charge >= 0.3 is 12.1 Å². The lowest BCUT2D eigenvalue weighted by Gasteiger charge is -2.37. The number of piperidine rings is 1. The second kappa shape index (κ2) is 14.2. The summed E-state index contributed by atoms with van der Waals surface area (Å²) in [5.41, 5.74) is -0.214. The number of carbonyl (C=O) groups is 1. The molecule has 1 aliphatic rings. The number of aromatic nitrogens is 5. The van der Waals surface area contributed by atoms with E-state index in [0.717, 1.165) is 12.1 Å². The monoisotopic (exact) mass is 661 g/mol.